The molecule has 1 aromatic carbocycles. The van der Waals surface area contributed by atoms with E-state index < -0.39 is 8.80 Å². The van der Waals surface area contributed by atoms with Crippen LogP contribution in [0.1, 0.15) is 26.3 Å². The fourth-order valence-corrected chi connectivity index (χ4v) is 5.19. The Morgan fingerprint density at radius 2 is 1.38 bits per heavy atom. The molecule has 0 saturated heterocycles. The second-order valence-electron chi connectivity index (χ2n) is 5.00. The number of hydrogen-bond acceptors (Lipinski definition) is 6. The molecule has 0 atom stereocenters. The van der Waals surface area contributed by atoms with Gasteiger partial charge in [0.15, 0.2) is 11.5 Å². The molecule has 0 radical (unpaired) electrons. The molecule has 24 heavy (non-hydrogen) atoms. The van der Waals surface area contributed by atoms with E-state index in [1.54, 1.807) is 27.4 Å². The van der Waals surface area contributed by atoms with E-state index in [2.05, 4.69) is 0 Å². The first-order chi connectivity index (χ1) is 11.6. The van der Waals surface area contributed by atoms with Crippen molar-refractivity contribution in [2.45, 2.75) is 33.2 Å². The van der Waals surface area contributed by atoms with E-state index in [1.165, 1.54) is 0 Å². The van der Waals surface area contributed by atoms with E-state index in [0.717, 1.165) is 11.3 Å². The molecular formula is C17H30O6Si. The minimum Gasteiger partial charge on any atom is -0.497 e. The Hall–Kier alpha value is -1.28. The van der Waals surface area contributed by atoms with Gasteiger partial charge in [0.1, 0.15) is 5.75 Å². The molecule has 1 rings (SSSR count). The summed E-state index contributed by atoms with van der Waals surface area (Å²) in [6, 6.07) is 4.42. The lowest BCUT2D eigenvalue weighted by atomic mass is 10.1. The Bertz CT molecular complexity index is 477. The average molecular weight is 359 g/mol. The van der Waals surface area contributed by atoms with Crippen molar-refractivity contribution < 1.29 is 27.5 Å². The Kier molecular flexibility index (Phi) is 9.13. The van der Waals surface area contributed by atoms with Crippen LogP contribution in [0, 0.1) is 0 Å². The lowest BCUT2D eigenvalue weighted by Gasteiger charge is -2.28. The van der Waals surface area contributed by atoms with Crippen molar-refractivity contribution in [2.75, 3.05) is 41.2 Å². The third-order valence-electron chi connectivity index (χ3n) is 3.56. The first-order valence-corrected chi connectivity index (χ1v) is 10.2. The molecule has 0 aliphatic rings. The van der Waals surface area contributed by atoms with Gasteiger partial charge in [0.2, 0.25) is 0 Å². The van der Waals surface area contributed by atoms with Crippen LogP contribution < -0.4 is 14.2 Å². The number of benzene rings is 1. The Balaban J connectivity index is 3.08. The molecule has 6 nitrogen and oxygen atoms in total. The molecule has 0 aliphatic heterocycles. The molecule has 0 heterocycles. The fraction of sp³-hybridized carbons (Fsp3) is 0.647. The summed E-state index contributed by atoms with van der Waals surface area (Å²) in [5.74, 6) is 2.06. The molecule has 0 fully saturated rings. The highest BCUT2D eigenvalue weighted by atomic mass is 28.4. The molecule has 0 N–H and O–H groups in total. The van der Waals surface area contributed by atoms with Gasteiger partial charge in [0.25, 0.3) is 0 Å². The number of rotatable bonds is 12. The predicted molar refractivity (Wildman–Crippen MR) is 95.2 cm³/mol. The first kappa shape index (κ1) is 20.8. The average Bonchev–Trinajstić information content (AvgIpc) is 2.59. The Morgan fingerprint density at radius 1 is 0.792 bits per heavy atom. The molecule has 0 saturated carbocycles. The fourth-order valence-electron chi connectivity index (χ4n) is 2.61. The van der Waals surface area contributed by atoms with Gasteiger partial charge in [-0.3, -0.25) is 0 Å². The van der Waals surface area contributed by atoms with E-state index >= 15 is 0 Å². The van der Waals surface area contributed by atoms with E-state index in [1.807, 2.05) is 26.8 Å². The predicted octanol–water partition coefficient (Wildman–Crippen LogP) is 3.30. The standard InChI is InChI=1S/C17H30O6Si/c1-7-21-24(22-8-2,23-9-3)11-10-14-12-15(18-4)13-16(19-5)17(14)20-6/h12-13H,7-11H2,1-6H3. The second-order valence-corrected chi connectivity index (χ2v) is 7.74. The minimum absolute atomic E-state index is 0.560. The maximum atomic E-state index is 5.91. The third kappa shape index (κ3) is 5.37. The normalized spacial score (nSPS) is 11.4. The van der Waals surface area contributed by atoms with Crippen molar-refractivity contribution in [1.82, 2.24) is 0 Å². The minimum atomic E-state index is -2.71. The summed E-state index contributed by atoms with van der Waals surface area (Å²) in [5.41, 5.74) is 0.977. The van der Waals surface area contributed by atoms with Crippen molar-refractivity contribution in [1.29, 1.82) is 0 Å². The summed E-state index contributed by atoms with van der Waals surface area (Å²) in [4.78, 5) is 0. The maximum absolute atomic E-state index is 5.91. The maximum Gasteiger partial charge on any atom is 0.501 e. The zero-order valence-corrected chi connectivity index (χ0v) is 16.6. The van der Waals surface area contributed by atoms with Crippen LogP contribution in [0.25, 0.3) is 0 Å². The van der Waals surface area contributed by atoms with Crippen LogP contribution in [0.15, 0.2) is 12.1 Å². The quantitative estimate of drug-likeness (QED) is 0.534. The molecule has 0 bridgehead atoms. The van der Waals surface area contributed by atoms with Crippen molar-refractivity contribution in [3.63, 3.8) is 0 Å². The Morgan fingerprint density at radius 3 is 1.79 bits per heavy atom. The topological polar surface area (TPSA) is 55.4 Å². The van der Waals surface area contributed by atoms with Crippen molar-refractivity contribution in [2.24, 2.45) is 0 Å². The van der Waals surface area contributed by atoms with Crippen LogP contribution in [0.4, 0.5) is 0 Å². The van der Waals surface area contributed by atoms with Gasteiger partial charge < -0.3 is 27.5 Å². The van der Waals surface area contributed by atoms with E-state index in [4.69, 9.17) is 27.5 Å². The second kappa shape index (κ2) is 10.6. The number of aryl methyl sites for hydroxylation is 1. The summed E-state index contributed by atoms with van der Waals surface area (Å²) in [6.07, 6.45) is 0.683. The van der Waals surface area contributed by atoms with Gasteiger partial charge in [0.05, 0.1) is 21.3 Å². The van der Waals surface area contributed by atoms with Gasteiger partial charge in [-0.1, -0.05) is 0 Å². The third-order valence-corrected chi connectivity index (χ3v) is 6.61. The largest absolute Gasteiger partial charge is 0.501 e. The highest BCUT2D eigenvalue weighted by molar-refractivity contribution is 6.60. The molecule has 7 heteroatoms. The van der Waals surface area contributed by atoms with Crippen LogP contribution in [-0.4, -0.2) is 50.0 Å². The van der Waals surface area contributed by atoms with Gasteiger partial charge in [0, 0.05) is 37.5 Å². The summed E-state index contributed by atoms with van der Waals surface area (Å²) in [5, 5.41) is 0. The lowest BCUT2D eigenvalue weighted by Crippen LogP contribution is -2.46. The molecule has 0 aromatic heterocycles. The van der Waals surface area contributed by atoms with Crippen LogP contribution in [0.2, 0.25) is 6.04 Å². The molecule has 0 amide bonds. The Labute approximate surface area is 146 Å². The molecule has 138 valence electrons. The van der Waals surface area contributed by atoms with Gasteiger partial charge in [-0.15, -0.1) is 0 Å². The van der Waals surface area contributed by atoms with E-state index in [9.17, 15) is 0 Å². The summed E-state index contributed by atoms with van der Waals surface area (Å²) in [7, 11) is 2.17. The molecule has 0 unspecified atom stereocenters. The van der Waals surface area contributed by atoms with Crippen molar-refractivity contribution in [3.8, 4) is 17.2 Å². The SMILES string of the molecule is CCO[Si](CCc1cc(OC)cc(OC)c1OC)(OCC)OCC. The first-order valence-electron chi connectivity index (χ1n) is 8.30. The number of hydrogen-bond donors (Lipinski definition) is 0. The summed E-state index contributed by atoms with van der Waals surface area (Å²) in [6.45, 7) is 7.54. The highest BCUT2D eigenvalue weighted by Crippen LogP contribution is 2.37. The van der Waals surface area contributed by atoms with Crippen LogP contribution in [-0.2, 0) is 19.7 Å². The smallest absolute Gasteiger partial charge is 0.497 e. The molecule has 0 aliphatic carbocycles. The van der Waals surface area contributed by atoms with Crippen LogP contribution in [0.3, 0.4) is 0 Å². The molecular weight excluding hydrogens is 328 g/mol. The summed E-state index contributed by atoms with van der Waals surface area (Å²) < 4.78 is 34.0. The van der Waals surface area contributed by atoms with Crippen molar-refractivity contribution in [3.05, 3.63) is 17.7 Å². The monoisotopic (exact) mass is 358 g/mol. The van der Waals surface area contributed by atoms with Gasteiger partial charge in [-0.05, 0) is 33.3 Å². The number of ether oxygens (including phenoxy) is 3. The lowest BCUT2D eigenvalue weighted by molar-refractivity contribution is 0.0713. The van der Waals surface area contributed by atoms with E-state index in [0.29, 0.717) is 43.8 Å². The van der Waals surface area contributed by atoms with Gasteiger partial charge in [-0.25, -0.2) is 0 Å². The van der Waals surface area contributed by atoms with E-state index in [-0.39, 0.29) is 0 Å². The van der Waals surface area contributed by atoms with Crippen LogP contribution >= 0.6 is 0 Å². The zero-order chi connectivity index (χ0) is 18.0. The zero-order valence-electron chi connectivity index (χ0n) is 15.6. The van der Waals surface area contributed by atoms with Crippen molar-refractivity contribution >= 4 is 8.80 Å². The highest BCUT2D eigenvalue weighted by Gasteiger charge is 2.40. The van der Waals surface area contributed by atoms with Gasteiger partial charge in [-0.2, -0.15) is 0 Å². The number of methoxy groups -OCH3 is 3. The molecule has 1 aromatic rings. The molecule has 0 spiro atoms. The van der Waals surface area contributed by atoms with Gasteiger partial charge >= 0.3 is 8.80 Å². The van der Waals surface area contributed by atoms with Crippen LogP contribution in [0.5, 0.6) is 17.2 Å². The summed E-state index contributed by atoms with van der Waals surface area (Å²) >= 11 is 0.